The van der Waals surface area contributed by atoms with E-state index in [4.69, 9.17) is 0 Å². The van der Waals surface area contributed by atoms with Gasteiger partial charge in [-0.15, -0.1) is 0 Å². The predicted octanol–water partition coefficient (Wildman–Crippen LogP) is 2.22. The maximum atomic E-state index is 11.0. The molecule has 0 N–H and O–H groups in total. The van der Waals surface area contributed by atoms with E-state index >= 15 is 0 Å². The van der Waals surface area contributed by atoms with Crippen molar-refractivity contribution >= 4 is 11.6 Å². The first-order chi connectivity index (χ1) is 5.49. The zero-order valence-corrected chi connectivity index (χ0v) is 8.39. The molecule has 0 aliphatic heterocycles. The molecule has 2 unspecified atom stereocenters. The topological polar surface area (TPSA) is 34.1 Å². The molecular formula is C10H18O2. The summed E-state index contributed by atoms with van der Waals surface area (Å²) >= 11 is 0. The second-order valence-corrected chi connectivity index (χ2v) is 3.47. The van der Waals surface area contributed by atoms with Gasteiger partial charge in [-0.3, -0.25) is 9.59 Å². The number of hydrogen-bond donors (Lipinski definition) is 0. The summed E-state index contributed by atoms with van der Waals surface area (Å²) in [7, 11) is 0. The first kappa shape index (κ1) is 11.3. The molecule has 0 saturated heterocycles. The van der Waals surface area contributed by atoms with E-state index in [2.05, 4.69) is 0 Å². The molecule has 0 aromatic rings. The van der Waals surface area contributed by atoms with Crippen LogP contribution >= 0.6 is 0 Å². The summed E-state index contributed by atoms with van der Waals surface area (Å²) in [6.45, 7) is 7.28. The summed E-state index contributed by atoms with van der Waals surface area (Å²) in [4.78, 5) is 22.0. The van der Waals surface area contributed by atoms with E-state index < -0.39 is 0 Å². The molecule has 2 heteroatoms. The molecule has 0 radical (unpaired) electrons. The van der Waals surface area contributed by atoms with Crippen molar-refractivity contribution in [3.63, 3.8) is 0 Å². The Morgan fingerprint density at radius 1 is 1.25 bits per heavy atom. The molecule has 0 aliphatic rings. The summed E-state index contributed by atoms with van der Waals surface area (Å²) in [5, 5.41) is 0. The summed E-state index contributed by atoms with van der Waals surface area (Å²) in [6.07, 6.45) is 1.12. The molecule has 0 fully saturated rings. The van der Waals surface area contributed by atoms with E-state index in [1.165, 1.54) is 0 Å². The molecular weight excluding hydrogens is 152 g/mol. The fraction of sp³-hybridized carbons (Fsp3) is 0.800. The van der Waals surface area contributed by atoms with Gasteiger partial charge in [0.05, 0.1) is 0 Å². The zero-order chi connectivity index (χ0) is 9.72. The summed E-state index contributed by atoms with van der Waals surface area (Å²) in [5.74, 6) is 0.623. The van der Waals surface area contributed by atoms with Gasteiger partial charge in [0.2, 0.25) is 0 Å². The smallest absolute Gasteiger partial charge is 0.132 e. The molecule has 0 amide bonds. The highest BCUT2D eigenvalue weighted by Crippen LogP contribution is 2.16. The van der Waals surface area contributed by atoms with Crippen LogP contribution in [0.4, 0.5) is 0 Å². The highest BCUT2D eigenvalue weighted by Gasteiger charge is 2.18. The summed E-state index contributed by atoms with van der Waals surface area (Å²) in [6, 6.07) is 0. The Morgan fingerprint density at radius 2 is 1.75 bits per heavy atom. The van der Waals surface area contributed by atoms with E-state index in [1.54, 1.807) is 6.92 Å². The monoisotopic (exact) mass is 170 g/mol. The molecule has 0 bridgehead atoms. The van der Waals surface area contributed by atoms with Gasteiger partial charge in [0.25, 0.3) is 0 Å². The molecule has 0 spiro atoms. The van der Waals surface area contributed by atoms with Crippen molar-refractivity contribution in [1.82, 2.24) is 0 Å². The van der Waals surface area contributed by atoms with Crippen molar-refractivity contribution < 1.29 is 9.59 Å². The zero-order valence-electron chi connectivity index (χ0n) is 8.39. The molecule has 0 aromatic carbocycles. The average molecular weight is 170 g/mol. The molecule has 2 nitrogen and oxygen atoms in total. The van der Waals surface area contributed by atoms with Crippen LogP contribution in [0, 0.1) is 11.8 Å². The Labute approximate surface area is 74.3 Å². The second kappa shape index (κ2) is 5.07. The van der Waals surface area contributed by atoms with E-state index in [0.29, 0.717) is 12.8 Å². The lowest BCUT2D eigenvalue weighted by Crippen LogP contribution is -2.18. The average Bonchev–Trinajstić information content (AvgIpc) is 2.02. The van der Waals surface area contributed by atoms with Gasteiger partial charge in [0.15, 0.2) is 0 Å². The normalized spacial score (nSPS) is 15.3. The number of hydrogen-bond acceptors (Lipinski definition) is 2. The lowest BCUT2D eigenvalue weighted by Gasteiger charge is -2.15. The molecule has 0 heterocycles. The van der Waals surface area contributed by atoms with Crippen molar-refractivity contribution in [2.75, 3.05) is 0 Å². The van der Waals surface area contributed by atoms with Gasteiger partial charge < -0.3 is 0 Å². The van der Waals surface area contributed by atoms with Crippen LogP contribution in [0.5, 0.6) is 0 Å². The lowest BCUT2D eigenvalue weighted by molar-refractivity contribution is -0.123. The molecule has 0 rings (SSSR count). The Kier molecular flexibility index (Phi) is 4.79. The minimum Gasteiger partial charge on any atom is -0.300 e. The Bertz CT molecular complexity index is 173. The SMILES string of the molecule is CCC(=O)CC(C)C(C)C(C)=O. The van der Waals surface area contributed by atoms with Crippen LogP contribution in [0.2, 0.25) is 0 Å². The molecule has 70 valence electrons. The van der Waals surface area contributed by atoms with Crippen LogP contribution in [0.25, 0.3) is 0 Å². The Morgan fingerprint density at radius 3 is 2.08 bits per heavy atom. The maximum Gasteiger partial charge on any atom is 0.132 e. The van der Waals surface area contributed by atoms with E-state index in [-0.39, 0.29) is 23.4 Å². The van der Waals surface area contributed by atoms with Gasteiger partial charge in [-0.1, -0.05) is 20.8 Å². The van der Waals surface area contributed by atoms with Crippen LogP contribution in [0.1, 0.15) is 40.5 Å². The van der Waals surface area contributed by atoms with Crippen molar-refractivity contribution in [1.29, 1.82) is 0 Å². The van der Waals surface area contributed by atoms with Gasteiger partial charge in [0.1, 0.15) is 11.6 Å². The third-order valence-electron chi connectivity index (χ3n) is 2.44. The minimum atomic E-state index is 0.0144. The van der Waals surface area contributed by atoms with Crippen molar-refractivity contribution in [3.8, 4) is 0 Å². The fourth-order valence-electron chi connectivity index (χ4n) is 1.08. The molecule has 12 heavy (non-hydrogen) atoms. The van der Waals surface area contributed by atoms with Crippen molar-refractivity contribution in [2.45, 2.75) is 40.5 Å². The van der Waals surface area contributed by atoms with Crippen LogP contribution < -0.4 is 0 Å². The number of carbonyl (C=O) groups is 2. The van der Waals surface area contributed by atoms with Crippen LogP contribution in [0.3, 0.4) is 0 Å². The third kappa shape index (κ3) is 3.65. The number of Topliss-reactive ketones (excluding diaryl/α,β-unsaturated/α-hetero) is 2. The fourth-order valence-corrected chi connectivity index (χ4v) is 1.08. The largest absolute Gasteiger partial charge is 0.300 e. The number of ketones is 2. The van der Waals surface area contributed by atoms with Crippen LogP contribution in [-0.4, -0.2) is 11.6 Å². The van der Waals surface area contributed by atoms with E-state index in [0.717, 1.165) is 0 Å². The standard InChI is InChI=1S/C10H18O2/c1-5-10(12)6-7(2)8(3)9(4)11/h7-8H,5-6H2,1-4H3. The van der Waals surface area contributed by atoms with Crippen molar-refractivity contribution in [3.05, 3.63) is 0 Å². The highest BCUT2D eigenvalue weighted by molar-refractivity contribution is 5.81. The van der Waals surface area contributed by atoms with Gasteiger partial charge in [-0.25, -0.2) is 0 Å². The second-order valence-electron chi connectivity index (χ2n) is 3.47. The summed E-state index contributed by atoms with van der Waals surface area (Å²) < 4.78 is 0. The van der Waals surface area contributed by atoms with Gasteiger partial charge in [-0.05, 0) is 12.8 Å². The third-order valence-corrected chi connectivity index (χ3v) is 2.44. The first-order valence-electron chi connectivity index (χ1n) is 4.51. The Balaban J connectivity index is 3.94. The number of carbonyl (C=O) groups excluding carboxylic acids is 2. The number of rotatable bonds is 5. The Hall–Kier alpha value is -0.660. The van der Waals surface area contributed by atoms with Crippen molar-refractivity contribution in [2.24, 2.45) is 11.8 Å². The quantitative estimate of drug-likeness (QED) is 0.634. The molecule has 0 aromatic heterocycles. The van der Waals surface area contributed by atoms with Crippen LogP contribution in [-0.2, 0) is 9.59 Å². The van der Waals surface area contributed by atoms with E-state index in [9.17, 15) is 9.59 Å². The predicted molar refractivity (Wildman–Crippen MR) is 48.9 cm³/mol. The van der Waals surface area contributed by atoms with Gasteiger partial charge in [-0.2, -0.15) is 0 Å². The molecule has 2 atom stereocenters. The maximum absolute atomic E-state index is 11.0. The van der Waals surface area contributed by atoms with Gasteiger partial charge >= 0.3 is 0 Å². The lowest BCUT2D eigenvalue weighted by atomic mass is 9.88. The molecule has 0 saturated carbocycles. The van der Waals surface area contributed by atoms with E-state index in [1.807, 2.05) is 20.8 Å². The minimum absolute atomic E-state index is 0.0144. The first-order valence-corrected chi connectivity index (χ1v) is 4.51. The highest BCUT2D eigenvalue weighted by atomic mass is 16.1. The van der Waals surface area contributed by atoms with Crippen LogP contribution in [0.15, 0.2) is 0 Å². The van der Waals surface area contributed by atoms with Gasteiger partial charge in [0, 0.05) is 18.8 Å². The summed E-state index contributed by atoms with van der Waals surface area (Å²) in [5.41, 5.74) is 0. The molecule has 0 aliphatic carbocycles.